The van der Waals surface area contributed by atoms with Gasteiger partial charge in [0.05, 0.1) is 13.2 Å². The lowest BCUT2D eigenvalue weighted by Gasteiger charge is -2.26. The number of rotatable bonds is 10. The molecular formula is C15H24N4O8. The zero-order chi connectivity index (χ0) is 20.6. The van der Waals surface area contributed by atoms with Crippen molar-refractivity contribution in [1.29, 1.82) is 0 Å². The van der Waals surface area contributed by atoms with E-state index in [1.807, 2.05) is 0 Å². The van der Waals surface area contributed by atoms with Crippen molar-refractivity contribution in [2.24, 2.45) is 5.73 Å². The van der Waals surface area contributed by atoms with Gasteiger partial charge in [-0.05, 0) is 19.3 Å². The number of aliphatic hydroxyl groups excluding tert-OH is 1. The number of aliphatic hydroxyl groups is 1. The van der Waals surface area contributed by atoms with Gasteiger partial charge in [-0.25, -0.2) is 4.79 Å². The topological polar surface area (TPSA) is 199 Å². The molecular weight excluding hydrogens is 364 g/mol. The van der Waals surface area contributed by atoms with Gasteiger partial charge in [-0.2, -0.15) is 0 Å². The summed E-state index contributed by atoms with van der Waals surface area (Å²) in [6, 6.07) is -3.35. The van der Waals surface area contributed by atoms with Gasteiger partial charge in [-0.15, -0.1) is 0 Å². The predicted octanol–water partition coefficient (Wildman–Crippen LogP) is -3.15. The van der Waals surface area contributed by atoms with Crippen LogP contribution < -0.4 is 16.4 Å². The number of hydrogen-bond donors (Lipinski definition) is 6. The number of aliphatic carboxylic acids is 2. The first kappa shape index (κ1) is 22.3. The number of nitrogens with two attached hydrogens (primary N) is 1. The van der Waals surface area contributed by atoms with Crippen molar-refractivity contribution in [3.05, 3.63) is 0 Å². The molecule has 1 rings (SSSR count). The molecule has 152 valence electrons. The summed E-state index contributed by atoms with van der Waals surface area (Å²) < 4.78 is 0. The van der Waals surface area contributed by atoms with Crippen LogP contribution in [0.2, 0.25) is 0 Å². The van der Waals surface area contributed by atoms with Crippen molar-refractivity contribution in [2.45, 2.75) is 43.8 Å². The fraction of sp³-hybridized carbons (Fsp3) is 0.667. The third-order valence-corrected chi connectivity index (χ3v) is 4.06. The fourth-order valence-corrected chi connectivity index (χ4v) is 2.65. The molecule has 27 heavy (non-hydrogen) atoms. The van der Waals surface area contributed by atoms with Crippen LogP contribution in [0.1, 0.15) is 25.7 Å². The molecule has 1 heterocycles. The highest BCUT2D eigenvalue weighted by Gasteiger charge is 2.36. The van der Waals surface area contributed by atoms with E-state index in [0.29, 0.717) is 19.4 Å². The summed E-state index contributed by atoms with van der Waals surface area (Å²) in [6.45, 7) is -0.785. The normalized spacial score (nSPS) is 18.4. The minimum absolute atomic E-state index is 0.297. The largest absolute Gasteiger partial charge is 0.481 e. The van der Waals surface area contributed by atoms with E-state index in [-0.39, 0.29) is 6.42 Å². The van der Waals surface area contributed by atoms with E-state index in [0.717, 1.165) is 0 Å². The van der Waals surface area contributed by atoms with Crippen molar-refractivity contribution in [3.8, 4) is 0 Å². The van der Waals surface area contributed by atoms with Crippen LogP contribution in [-0.2, 0) is 24.0 Å². The number of likely N-dealkylation sites (tertiary alicyclic amines) is 1. The molecule has 1 aliphatic heterocycles. The van der Waals surface area contributed by atoms with E-state index in [2.05, 4.69) is 10.6 Å². The fourth-order valence-electron chi connectivity index (χ4n) is 2.65. The molecule has 12 heteroatoms. The number of carbonyl (C=O) groups excluding carboxylic acids is 3. The van der Waals surface area contributed by atoms with Crippen LogP contribution in [-0.4, -0.2) is 87.7 Å². The highest BCUT2D eigenvalue weighted by molar-refractivity contribution is 5.93. The van der Waals surface area contributed by atoms with Gasteiger partial charge < -0.3 is 36.6 Å². The lowest BCUT2D eigenvalue weighted by molar-refractivity contribution is -0.143. The summed E-state index contributed by atoms with van der Waals surface area (Å²) in [5.74, 6) is -4.56. The number of nitrogens with zero attached hydrogens (tertiary/aromatic N) is 1. The van der Waals surface area contributed by atoms with Crippen LogP contribution in [0.4, 0.5) is 0 Å². The Balaban J connectivity index is 2.54. The molecule has 12 nitrogen and oxygen atoms in total. The molecule has 0 saturated carbocycles. The van der Waals surface area contributed by atoms with Gasteiger partial charge in [0, 0.05) is 13.0 Å². The Hall–Kier alpha value is -2.73. The molecule has 0 radical (unpaired) electrons. The summed E-state index contributed by atoms with van der Waals surface area (Å²) in [6.07, 6.45) is 0.195. The second-order valence-corrected chi connectivity index (χ2v) is 6.09. The lowest BCUT2D eigenvalue weighted by Crippen LogP contribution is -2.53. The Morgan fingerprint density at radius 1 is 1.19 bits per heavy atom. The number of nitrogens with one attached hydrogen (secondary N) is 2. The molecule has 0 aromatic heterocycles. The monoisotopic (exact) mass is 388 g/mol. The number of carboxylic acids is 2. The maximum absolute atomic E-state index is 12.2. The molecule has 1 aliphatic rings. The van der Waals surface area contributed by atoms with Gasteiger partial charge in [0.1, 0.15) is 18.1 Å². The van der Waals surface area contributed by atoms with Crippen molar-refractivity contribution >= 4 is 29.7 Å². The minimum atomic E-state index is -1.39. The quantitative estimate of drug-likeness (QED) is 0.223. The van der Waals surface area contributed by atoms with Gasteiger partial charge in [-0.3, -0.25) is 19.2 Å². The molecule has 0 bridgehead atoms. The maximum Gasteiger partial charge on any atom is 0.326 e. The second-order valence-electron chi connectivity index (χ2n) is 6.09. The number of carbonyl (C=O) groups is 5. The van der Waals surface area contributed by atoms with Gasteiger partial charge in [0.25, 0.3) is 0 Å². The summed E-state index contributed by atoms with van der Waals surface area (Å²) in [5, 5.41) is 31.0. The standard InChI is InChI=1S/C15H24N4O8/c16-8(7-20)14(25)19-5-1-2-10(19)13(24)17-6-11(21)18-9(15(26)27)3-4-12(22)23/h8-10,20H,1-7,16H2,(H,17,24)(H,18,21)(H,22,23)(H,26,27). The van der Waals surface area contributed by atoms with Gasteiger partial charge in [0.15, 0.2) is 0 Å². The summed E-state index contributed by atoms with van der Waals surface area (Å²) in [7, 11) is 0. The summed E-state index contributed by atoms with van der Waals surface area (Å²) in [4.78, 5) is 58.9. The Bertz CT molecular complexity index is 596. The Morgan fingerprint density at radius 2 is 1.85 bits per heavy atom. The number of amides is 3. The lowest BCUT2D eigenvalue weighted by atomic mass is 10.1. The van der Waals surface area contributed by atoms with Gasteiger partial charge in [0.2, 0.25) is 17.7 Å². The molecule has 0 aliphatic carbocycles. The third kappa shape index (κ3) is 6.83. The van der Waals surface area contributed by atoms with Crippen LogP contribution in [0.5, 0.6) is 0 Å². The van der Waals surface area contributed by atoms with E-state index in [1.165, 1.54) is 4.90 Å². The highest BCUT2D eigenvalue weighted by Crippen LogP contribution is 2.18. The first-order valence-corrected chi connectivity index (χ1v) is 8.36. The molecule has 3 amide bonds. The van der Waals surface area contributed by atoms with Crippen LogP contribution in [0.15, 0.2) is 0 Å². The van der Waals surface area contributed by atoms with Gasteiger partial charge in [-0.1, -0.05) is 0 Å². The molecule has 7 N–H and O–H groups in total. The van der Waals surface area contributed by atoms with Crippen LogP contribution in [0.3, 0.4) is 0 Å². The van der Waals surface area contributed by atoms with E-state index in [1.54, 1.807) is 0 Å². The summed E-state index contributed by atoms with van der Waals surface area (Å²) in [5.41, 5.74) is 5.48. The second kappa shape index (κ2) is 10.4. The molecule has 0 aromatic carbocycles. The first-order chi connectivity index (χ1) is 12.7. The SMILES string of the molecule is NC(CO)C(=O)N1CCCC1C(=O)NCC(=O)NC(CCC(=O)O)C(=O)O. The van der Waals surface area contributed by atoms with E-state index < -0.39 is 67.4 Å². The third-order valence-electron chi connectivity index (χ3n) is 4.06. The zero-order valence-corrected chi connectivity index (χ0v) is 14.6. The van der Waals surface area contributed by atoms with Crippen molar-refractivity contribution in [1.82, 2.24) is 15.5 Å². The van der Waals surface area contributed by atoms with Gasteiger partial charge >= 0.3 is 11.9 Å². The zero-order valence-electron chi connectivity index (χ0n) is 14.6. The minimum Gasteiger partial charge on any atom is -0.481 e. The Morgan fingerprint density at radius 3 is 2.41 bits per heavy atom. The first-order valence-electron chi connectivity index (χ1n) is 8.36. The van der Waals surface area contributed by atoms with Crippen LogP contribution in [0.25, 0.3) is 0 Å². The van der Waals surface area contributed by atoms with Crippen LogP contribution in [0, 0.1) is 0 Å². The van der Waals surface area contributed by atoms with E-state index in [4.69, 9.17) is 21.1 Å². The highest BCUT2D eigenvalue weighted by atomic mass is 16.4. The van der Waals surface area contributed by atoms with E-state index >= 15 is 0 Å². The van der Waals surface area contributed by atoms with Crippen molar-refractivity contribution < 1.29 is 39.3 Å². The smallest absolute Gasteiger partial charge is 0.326 e. The predicted molar refractivity (Wildman–Crippen MR) is 89.2 cm³/mol. The Kier molecular flexibility index (Phi) is 8.62. The number of hydrogen-bond acceptors (Lipinski definition) is 7. The Labute approximate surface area is 154 Å². The molecule has 3 unspecified atom stereocenters. The average molecular weight is 388 g/mol. The van der Waals surface area contributed by atoms with Crippen molar-refractivity contribution in [3.63, 3.8) is 0 Å². The number of carboxylic acid groups (broad SMARTS) is 2. The molecule has 1 fully saturated rings. The molecule has 1 saturated heterocycles. The summed E-state index contributed by atoms with van der Waals surface area (Å²) >= 11 is 0. The molecule has 0 aromatic rings. The van der Waals surface area contributed by atoms with Crippen LogP contribution >= 0.6 is 0 Å². The van der Waals surface area contributed by atoms with E-state index in [9.17, 15) is 24.0 Å². The maximum atomic E-state index is 12.2. The average Bonchev–Trinajstić information content (AvgIpc) is 3.11. The molecule has 3 atom stereocenters. The molecule has 0 spiro atoms. The van der Waals surface area contributed by atoms with Crippen molar-refractivity contribution in [2.75, 3.05) is 19.7 Å².